The topological polar surface area (TPSA) is 34.1 Å². The molecule has 0 heterocycles. The third kappa shape index (κ3) is 1.17. The molecular formula is C8H10O2. The van der Waals surface area contributed by atoms with Gasteiger partial charge in [-0.3, -0.25) is 4.79 Å². The van der Waals surface area contributed by atoms with Gasteiger partial charge in [0.05, 0.1) is 0 Å². The Balaban J connectivity index is 2.79. The number of rotatable bonds is 0. The molecule has 0 aliphatic heterocycles. The molecule has 1 rings (SSSR count). The molecule has 54 valence electrons. The van der Waals surface area contributed by atoms with Crippen LogP contribution < -0.4 is 0 Å². The first-order valence-corrected chi connectivity index (χ1v) is 3.52. The maximum Gasteiger partial charge on any atom is 0.140 e. The summed E-state index contributed by atoms with van der Waals surface area (Å²) >= 11 is 0. The third-order valence-electron chi connectivity index (χ3n) is 2.01. The number of hydrogen-bond acceptors (Lipinski definition) is 2. The lowest BCUT2D eigenvalue weighted by atomic mass is 9.85. The molecule has 1 unspecified atom stereocenters. The Morgan fingerprint density at radius 2 is 2.20 bits per heavy atom. The largest absolute Gasteiger partial charge is 0.299 e. The van der Waals surface area contributed by atoms with Crippen molar-refractivity contribution in [2.75, 3.05) is 0 Å². The van der Waals surface area contributed by atoms with Crippen molar-refractivity contribution in [2.24, 2.45) is 5.92 Å². The molecule has 0 saturated heterocycles. The quantitative estimate of drug-likeness (QED) is 0.470. The van der Waals surface area contributed by atoms with Crippen LogP contribution in [0, 0.1) is 5.92 Å². The molecular weight excluding hydrogens is 128 g/mol. The van der Waals surface area contributed by atoms with Crippen molar-refractivity contribution in [3.8, 4) is 0 Å². The number of carbonyl (C=O) groups is 1. The van der Waals surface area contributed by atoms with Crippen LogP contribution in [0.4, 0.5) is 0 Å². The minimum Gasteiger partial charge on any atom is -0.299 e. The SMILES string of the molecule is CC1C(=O)CCCC1=C=O. The molecule has 0 spiro atoms. The number of ketones is 1. The van der Waals surface area contributed by atoms with E-state index in [1.54, 1.807) is 6.92 Å². The van der Waals surface area contributed by atoms with Crippen LogP contribution in [-0.4, -0.2) is 11.7 Å². The van der Waals surface area contributed by atoms with Gasteiger partial charge < -0.3 is 0 Å². The summed E-state index contributed by atoms with van der Waals surface area (Å²) < 4.78 is 0. The second-order valence-corrected chi connectivity index (χ2v) is 2.67. The average molecular weight is 138 g/mol. The Hall–Kier alpha value is -0.880. The van der Waals surface area contributed by atoms with Crippen molar-refractivity contribution >= 4 is 11.7 Å². The van der Waals surface area contributed by atoms with E-state index >= 15 is 0 Å². The van der Waals surface area contributed by atoms with Crippen molar-refractivity contribution in [1.82, 2.24) is 0 Å². The first-order chi connectivity index (χ1) is 4.75. The lowest BCUT2D eigenvalue weighted by molar-refractivity contribution is -0.122. The van der Waals surface area contributed by atoms with Crippen LogP contribution in [0.5, 0.6) is 0 Å². The number of allylic oxidation sites excluding steroid dienone is 1. The van der Waals surface area contributed by atoms with E-state index in [2.05, 4.69) is 0 Å². The molecule has 0 bridgehead atoms. The van der Waals surface area contributed by atoms with Gasteiger partial charge in [0.1, 0.15) is 11.7 Å². The molecule has 2 heteroatoms. The molecule has 1 atom stereocenters. The molecule has 1 aliphatic carbocycles. The fourth-order valence-corrected chi connectivity index (χ4v) is 1.22. The summed E-state index contributed by atoms with van der Waals surface area (Å²) in [5, 5.41) is 0. The van der Waals surface area contributed by atoms with Crippen LogP contribution in [-0.2, 0) is 9.59 Å². The zero-order valence-corrected chi connectivity index (χ0v) is 6.02. The Morgan fingerprint density at radius 1 is 1.50 bits per heavy atom. The van der Waals surface area contributed by atoms with Crippen molar-refractivity contribution in [3.63, 3.8) is 0 Å². The molecule has 1 fully saturated rings. The van der Waals surface area contributed by atoms with Gasteiger partial charge in [0.15, 0.2) is 0 Å². The Morgan fingerprint density at radius 3 is 2.70 bits per heavy atom. The lowest BCUT2D eigenvalue weighted by Gasteiger charge is -2.16. The van der Waals surface area contributed by atoms with Crippen LogP contribution in [0.3, 0.4) is 0 Å². The monoisotopic (exact) mass is 138 g/mol. The van der Waals surface area contributed by atoms with E-state index in [-0.39, 0.29) is 11.7 Å². The van der Waals surface area contributed by atoms with Crippen molar-refractivity contribution in [1.29, 1.82) is 0 Å². The summed E-state index contributed by atoms with van der Waals surface area (Å²) in [6, 6.07) is 0. The maximum absolute atomic E-state index is 11.0. The van der Waals surface area contributed by atoms with Gasteiger partial charge in [0.2, 0.25) is 0 Å². The number of hydrogen-bond donors (Lipinski definition) is 0. The van der Waals surface area contributed by atoms with E-state index in [1.165, 1.54) is 0 Å². The van der Waals surface area contributed by atoms with Gasteiger partial charge in [-0.05, 0) is 12.8 Å². The highest BCUT2D eigenvalue weighted by molar-refractivity contribution is 5.86. The zero-order valence-electron chi connectivity index (χ0n) is 6.02. The fourth-order valence-electron chi connectivity index (χ4n) is 1.22. The summed E-state index contributed by atoms with van der Waals surface area (Å²) in [7, 11) is 0. The molecule has 2 nitrogen and oxygen atoms in total. The summed E-state index contributed by atoms with van der Waals surface area (Å²) in [5.41, 5.74) is 0.649. The van der Waals surface area contributed by atoms with Crippen LogP contribution >= 0.6 is 0 Å². The summed E-state index contributed by atoms with van der Waals surface area (Å²) in [5.74, 6) is 1.85. The minimum atomic E-state index is -0.161. The molecule has 10 heavy (non-hydrogen) atoms. The smallest absolute Gasteiger partial charge is 0.140 e. The van der Waals surface area contributed by atoms with E-state index in [9.17, 15) is 9.59 Å². The van der Waals surface area contributed by atoms with Crippen molar-refractivity contribution in [3.05, 3.63) is 5.57 Å². The standard InChI is InChI=1S/C8H10O2/c1-6-7(5-9)3-2-4-8(6)10/h6H,2-4H2,1H3. The predicted molar refractivity (Wildman–Crippen MR) is 37.2 cm³/mol. The van der Waals surface area contributed by atoms with Gasteiger partial charge in [-0.1, -0.05) is 6.92 Å². The molecule has 0 N–H and O–H groups in total. The lowest BCUT2D eigenvalue weighted by Crippen LogP contribution is -2.18. The second-order valence-electron chi connectivity index (χ2n) is 2.67. The summed E-state index contributed by atoms with van der Waals surface area (Å²) in [4.78, 5) is 21.2. The highest BCUT2D eigenvalue weighted by Crippen LogP contribution is 2.23. The van der Waals surface area contributed by atoms with E-state index in [1.807, 2.05) is 5.94 Å². The van der Waals surface area contributed by atoms with E-state index in [0.717, 1.165) is 12.8 Å². The minimum absolute atomic E-state index is 0.161. The van der Waals surface area contributed by atoms with E-state index < -0.39 is 0 Å². The second kappa shape index (κ2) is 2.80. The third-order valence-corrected chi connectivity index (χ3v) is 2.01. The Bertz CT molecular complexity index is 199. The van der Waals surface area contributed by atoms with Crippen molar-refractivity contribution in [2.45, 2.75) is 26.2 Å². The Labute approximate surface area is 59.9 Å². The van der Waals surface area contributed by atoms with Gasteiger partial charge in [0, 0.05) is 17.9 Å². The number of carbonyl (C=O) groups excluding carboxylic acids is 2. The summed E-state index contributed by atoms with van der Waals surface area (Å²) in [6.07, 6.45) is 2.22. The zero-order chi connectivity index (χ0) is 7.56. The normalized spacial score (nSPS) is 26.3. The first kappa shape index (κ1) is 7.23. The van der Waals surface area contributed by atoms with Gasteiger partial charge in [-0.2, -0.15) is 0 Å². The molecule has 0 amide bonds. The van der Waals surface area contributed by atoms with E-state index in [0.29, 0.717) is 12.0 Å². The van der Waals surface area contributed by atoms with Crippen LogP contribution in [0.25, 0.3) is 0 Å². The van der Waals surface area contributed by atoms with Crippen molar-refractivity contribution < 1.29 is 9.59 Å². The van der Waals surface area contributed by atoms with Gasteiger partial charge in [-0.25, -0.2) is 4.79 Å². The van der Waals surface area contributed by atoms with Gasteiger partial charge in [0.25, 0.3) is 0 Å². The molecule has 0 radical (unpaired) electrons. The molecule has 0 aromatic carbocycles. The maximum atomic E-state index is 11.0. The summed E-state index contributed by atoms with van der Waals surface area (Å²) in [6.45, 7) is 1.78. The highest BCUT2D eigenvalue weighted by atomic mass is 16.1. The fraction of sp³-hybridized carbons (Fsp3) is 0.625. The molecule has 0 aromatic heterocycles. The average Bonchev–Trinajstić information content (AvgIpc) is 1.95. The van der Waals surface area contributed by atoms with Gasteiger partial charge in [-0.15, -0.1) is 0 Å². The van der Waals surface area contributed by atoms with Gasteiger partial charge >= 0.3 is 0 Å². The Kier molecular flexibility index (Phi) is 2.03. The van der Waals surface area contributed by atoms with Crippen LogP contribution in [0.15, 0.2) is 5.57 Å². The number of Topliss-reactive ketones (excluding diaryl/α,β-unsaturated/α-hetero) is 1. The van der Waals surface area contributed by atoms with Crippen LogP contribution in [0.2, 0.25) is 0 Å². The molecule has 1 aliphatic rings. The highest BCUT2D eigenvalue weighted by Gasteiger charge is 2.22. The molecule has 1 saturated carbocycles. The van der Waals surface area contributed by atoms with E-state index in [4.69, 9.17) is 0 Å². The predicted octanol–water partition coefficient (Wildman–Crippen LogP) is 1.13. The van der Waals surface area contributed by atoms with Crippen LogP contribution in [0.1, 0.15) is 26.2 Å². The first-order valence-electron chi connectivity index (χ1n) is 3.52. The molecule has 0 aromatic rings.